The summed E-state index contributed by atoms with van der Waals surface area (Å²) >= 11 is 1.23. The van der Waals surface area contributed by atoms with Gasteiger partial charge in [0.1, 0.15) is 7.85 Å². The first kappa shape index (κ1) is 12.3. The minimum Gasteiger partial charge on any atom is -0.493 e. The maximum absolute atomic E-state index is 12.7. The Morgan fingerprint density at radius 2 is 2.00 bits per heavy atom. The Morgan fingerprint density at radius 1 is 1.26 bits per heavy atom. The molecule has 0 saturated heterocycles. The largest absolute Gasteiger partial charge is 0.493 e. The molecule has 2 heterocycles. The number of hydrogen-bond donors (Lipinski definition) is 1. The Morgan fingerprint density at radius 3 is 2.68 bits per heavy atom. The van der Waals surface area contributed by atoms with E-state index in [-0.39, 0.29) is 5.88 Å². The van der Waals surface area contributed by atoms with Gasteiger partial charge in [0.2, 0.25) is 5.88 Å². The van der Waals surface area contributed by atoms with Crippen molar-refractivity contribution in [2.45, 2.75) is 6.18 Å². The molecule has 1 aromatic carbocycles. The predicted molar refractivity (Wildman–Crippen MR) is 72.0 cm³/mol. The summed E-state index contributed by atoms with van der Waals surface area (Å²) in [4.78, 5) is 3.84. The second-order valence-corrected chi connectivity index (χ2v) is 5.33. The molecule has 7 heteroatoms. The van der Waals surface area contributed by atoms with Crippen LogP contribution >= 0.6 is 11.3 Å². The van der Waals surface area contributed by atoms with Crippen LogP contribution < -0.4 is 5.46 Å². The summed E-state index contributed by atoms with van der Waals surface area (Å²) in [6.45, 7) is 0. The highest BCUT2D eigenvalue weighted by Crippen LogP contribution is 2.39. The maximum Gasteiger partial charge on any atom is 0.416 e. The summed E-state index contributed by atoms with van der Waals surface area (Å²) < 4.78 is 39.3. The van der Waals surface area contributed by atoms with Crippen molar-refractivity contribution in [1.29, 1.82) is 0 Å². The quantitative estimate of drug-likeness (QED) is 0.642. The molecule has 0 fully saturated rings. The van der Waals surface area contributed by atoms with Crippen molar-refractivity contribution in [3.05, 3.63) is 30.0 Å². The van der Waals surface area contributed by atoms with Crippen LogP contribution in [0.3, 0.4) is 0 Å². The van der Waals surface area contributed by atoms with Crippen LogP contribution in [0.2, 0.25) is 0 Å². The van der Waals surface area contributed by atoms with E-state index in [1.165, 1.54) is 23.6 Å². The van der Waals surface area contributed by atoms with Gasteiger partial charge in [-0.15, -0.1) is 11.3 Å². The normalized spacial score (nSPS) is 12.4. The SMILES string of the molecule is Bc1cnc(O)c2c1sc1cc(C(F)(F)F)ccc12. The van der Waals surface area contributed by atoms with E-state index in [0.29, 0.717) is 15.5 Å². The Bertz CT molecular complexity index is 797. The second-order valence-electron chi connectivity index (χ2n) is 4.28. The average Bonchev–Trinajstić information content (AvgIpc) is 2.72. The summed E-state index contributed by atoms with van der Waals surface area (Å²) in [5.74, 6) is -0.147. The van der Waals surface area contributed by atoms with E-state index < -0.39 is 11.7 Å². The minimum absolute atomic E-state index is 0.147. The van der Waals surface area contributed by atoms with Crippen LogP contribution in [-0.2, 0) is 6.18 Å². The molecule has 0 unspecified atom stereocenters. The summed E-state index contributed by atoms with van der Waals surface area (Å²) in [6.07, 6.45) is -2.85. The molecule has 1 N–H and O–H groups in total. The van der Waals surface area contributed by atoms with Gasteiger partial charge in [-0.3, -0.25) is 0 Å². The highest BCUT2D eigenvalue weighted by atomic mass is 32.1. The number of halogens is 3. The standard InChI is InChI=1S/C12H7BF3NOS/c13-7-4-17-11(18)9-6-2-1-5(12(14,15)16)3-8(6)19-10(7)9/h1-4H,13H2,(H,17,18). The Labute approximate surface area is 110 Å². The molecule has 0 aliphatic heterocycles. The van der Waals surface area contributed by atoms with Gasteiger partial charge in [0.25, 0.3) is 0 Å². The molecule has 0 aliphatic carbocycles. The van der Waals surface area contributed by atoms with E-state index in [0.717, 1.165) is 22.3 Å². The van der Waals surface area contributed by atoms with Crippen molar-refractivity contribution >= 4 is 44.8 Å². The number of rotatable bonds is 0. The van der Waals surface area contributed by atoms with Crippen LogP contribution in [0.15, 0.2) is 24.4 Å². The summed E-state index contributed by atoms with van der Waals surface area (Å²) in [6, 6.07) is 3.52. The maximum atomic E-state index is 12.7. The van der Waals surface area contributed by atoms with E-state index >= 15 is 0 Å². The number of nitrogens with zero attached hydrogens (tertiary/aromatic N) is 1. The van der Waals surface area contributed by atoms with Crippen molar-refractivity contribution in [3.8, 4) is 5.88 Å². The first-order valence-electron chi connectivity index (χ1n) is 5.46. The Balaban J connectivity index is 2.41. The van der Waals surface area contributed by atoms with Gasteiger partial charge < -0.3 is 5.11 Å². The van der Waals surface area contributed by atoms with Crippen molar-refractivity contribution in [2.75, 3.05) is 0 Å². The Hall–Kier alpha value is -1.76. The molecular weight excluding hydrogens is 274 g/mol. The molecule has 0 bridgehead atoms. The van der Waals surface area contributed by atoms with E-state index in [4.69, 9.17) is 0 Å². The van der Waals surface area contributed by atoms with Crippen molar-refractivity contribution in [2.24, 2.45) is 0 Å². The predicted octanol–water partition coefficient (Wildman–Crippen LogP) is 2.43. The molecule has 2 aromatic heterocycles. The molecule has 0 atom stereocenters. The highest BCUT2D eigenvalue weighted by molar-refractivity contribution is 7.26. The monoisotopic (exact) mass is 281 g/mol. The third-order valence-corrected chi connectivity index (χ3v) is 4.27. The van der Waals surface area contributed by atoms with Gasteiger partial charge >= 0.3 is 6.18 Å². The third-order valence-electron chi connectivity index (χ3n) is 2.98. The number of pyridine rings is 1. The smallest absolute Gasteiger partial charge is 0.416 e. The fourth-order valence-corrected chi connectivity index (χ4v) is 3.26. The zero-order chi connectivity index (χ0) is 13.8. The molecule has 0 amide bonds. The summed E-state index contributed by atoms with van der Waals surface area (Å²) in [7, 11) is 1.81. The molecule has 0 saturated carbocycles. The van der Waals surface area contributed by atoms with Crippen LogP contribution in [0.4, 0.5) is 13.2 Å². The number of thiophene rings is 1. The third kappa shape index (κ3) is 1.85. The number of aromatic nitrogens is 1. The van der Waals surface area contributed by atoms with E-state index in [1.807, 2.05) is 7.85 Å². The second kappa shape index (κ2) is 3.87. The topological polar surface area (TPSA) is 33.1 Å². The molecule has 96 valence electrons. The van der Waals surface area contributed by atoms with E-state index in [9.17, 15) is 18.3 Å². The molecule has 0 spiro atoms. The molecule has 2 nitrogen and oxygen atoms in total. The van der Waals surface area contributed by atoms with Crippen molar-refractivity contribution < 1.29 is 18.3 Å². The fraction of sp³-hybridized carbons (Fsp3) is 0.0833. The van der Waals surface area contributed by atoms with Gasteiger partial charge in [0, 0.05) is 21.0 Å². The molecule has 0 aliphatic rings. The lowest BCUT2D eigenvalue weighted by Crippen LogP contribution is -2.03. The fourth-order valence-electron chi connectivity index (χ4n) is 2.05. The molecule has 3 rings (SSSR count). The lowest BCUT2D eigenvalue weighted by Gasteiger charge is -2.05. The van der Waals surface area contributed by atoms with Crippen molar-refractivity contribution in [3.63, 3.8) is 0 Å². The van der Waals surface area contributed by atoms with Crippen LogP contribution in [0, 0.1) is 0 Å². The lowest BCUT2D eigenvalue weighted by molar-refractivity contribution is -0.137. The van der Waals surface area contributed by atoms with Gasteiger partial charge in [-0.1, -0.05) is 11.5 Å². The van der Waals surface area contributed by atoms with Crippen LogP contribution in [0.5, 0.6) is 5.88 Å². The van der Waals surface area contributed by atoms with Gasteiger partial charge in [0.15, 0.2) is 0 Å². The summed E-state index contributed by atoms with van der Waals surface area (Å²) in [5.41, 5.74) is 0.152. The first-order valence-corrected chi connectivity index (χ1v) is 6.27. The van der Waals surface area contributed by atoms with Gasteiger partial charge in [-0.2, -0.15) is 13.2 Å². The average molecular weight is 281 g/mol. The number of hydrogen-bond acceptors (Lipinski definition) is 3. The number of fused-ring (bicyclic) bond motifs is 3. The van der Waals surface area contributed by atoms with Crippen LogP contribution in [-0.4, -0.2) is 17.9 Å². The molecule has 3 aromatic rings. The minimum atomic E-state index is -4.36. The first-order chi connectivity index (χ1) is 8.88. The van der Waals surface area contributed by atoms with E-state index in [2.05, 4.69) is 4.98 Å². The molecule has 0 radical (unpaired) electrons. The molecular formula is C12H7BF3NOS. The number of alkyl halides is 3. The van der Waals surface area contributed by atoms with Crippen LogP contribution in [0.25, 0.3) is 20.2 Å². The van der Waals surface area contributed by atoms with Crippen LogP contribution in [0.1, 0.15) is 5.56 Å². The van der Waals surface area contributed by atoms with Gasteiger partial charge in [-0.25, -0.2) is 4.98 Å². The lowest BCUT2D eigenvalue weighted by atomic mass is 9.97. The van der Waals surface area contributed by atoms with E-state index in [1.54, 1.807) is 0 Å². The zero-order valence-electron chi connectivity index (χ0n) is 9.75. The van der Waals surface area contributed by atoms with Gasteiger partial charge in [0.05, 0.1) is 10.9 Å². The Kier molecular flexibility index (Phi) is 2.50. The van der Waals surface area contributed by atoms with Gasteiger partial charge in [-0.05, 0) is 12.1 Å². The van der Waals surface area contributed by atoms with Crippen molar-refractivity contribution in [1.82, 2.24) is 4.98 Å². The molecule has 19 heavy (non-hydrogen) atoms. The zero-order valence-corrected chi connectivity index (χ0v) is 10.6. The number of benzene rings is 1. The number of aromatic hydroxyl groups is 1. The summed E-state index contributed by atoms with van der Waals surface area (Å²) in [5, 5.41) is 10.9. The highest BCUT2D eigenvalue weighted by Gasteiger charge is 2.30.